The van der Waals surface area contributed by atoms with Crippen molar-refractivity contribution in [3.63, 3.8) is 0 Å². The monoisotopic (exact) mass is 540 g/mol. The van der Waals surface area contributed by atoms with Crippen LogP contribution in [0.4, 0.5) is 5.13 Å². The molecule has 0 radical (unpaired) electrons. The summed E-state index contributed by atoms with van der Waals surface area (Å²) in [5.74, 6) is 1.30. The Kier molecular flexibility index (Phi) is 9.27. The van der Waals surface area contributed by atoms with Gasteiger partial charge in [0.25, 0.3) is 5.91 Å². The van der Waals surface area contributed by atoms with Crippen molar-refractivity contribution in [3.8, 4) is 23.3 Å². The average Bonchev–Trinajstić information content (AvgIpc) is 3.38. The van der Waals surface area contributed by atoms with E-state index in [1.165, 1.54) is 24.5 Å². The third-order valence-electron chi connectivity index (χ3n) is 5.75. The molecule has 1 N–H and O–H groups in total. The van der Waals surface area contributed by atoms with Crippen molar-refractivity contribution in [3.05, 3.63) is 99.6 Å². The van der Waals surface area contributed by atoms with Crippen molar-refractivity contribution >= 4 is 28.5 Å². The van der Waals surface area contributed by atoms with Gasteiger partial charge >= 0.3 is 0 Å². The van der Waals surface area contributed by atoms with Crippen molar-refractivity contribution in [2.75, 3.05) is 25.6 Å². The molecule has 3 aromatic carbocycles. The molecule has 39 heavy (non-hydrogen) atoms. The number of carbonyl (C=O) groups excluding carboxylic acids is 1. The summed E-state index contributed by atoms with van der Waals surface area (Å²) in [6, 6.07) is 23.0. The van der Waals surface area contributed by atoms with Crippen molar-refractivity contribution < 1.29 is 19.0 Å². The molecule has 1 heterocycles. The van der Waals surface area contributed by atoms with Crippen LogP contribution in [-0.4, -0.2) is 36.4 Å². The molecule has 0 fully saturated rings. The molecule has 0 saturated carbocycles. The molecule has 4 aromatic rings. The number of ether oxygens (including phenoxy) is 3. The summed E-state index contributed by atoms with van der Waals surface area (Å²) in [6.07, 6.45) is 2.10. The second kappa shape index (κ2) is 13.2. The van der Waals surface area contributed by atoms with Crippen LogP contribution in [0.1, 0.15) is 27.3 Å². The van der Waals surface area contributed by atoms with Crippen LogP contribution >= 0.6 is 11.3 Å². The number of nitrogens with zero attached hydrogens (tertiary/aromatic N) is 3. The van der Waals surface area contributed by atoms with E-state index in [9.17, 15) is 10.1 Å². The van der Waals surface area contributed by atoms with Gasteiger partial charge in [0, 0.05) is 6.42 Å². The van der Waals surface area contributed by atoms with Crippen LogP contribution in [-0.2, 0) is 11.2 Å². The van der Waals surface area contributed by atoms with E-state index in [1.54, 1.807) is 18.2 Å². The van der Waals surface area contributed by atoms with Crippen LogP contribution in [0.5, 0.6) is 17.2 Å². The highest BCUT2D eigenvalue weighted by molar-refractivity contribution is 7.15. The summed E-state index contributed by atoms with van der Waals surface area (Å²) < 4.78 is 17.2. The van der Waals surface area contributed by atoms with Crippen molar-refractivity contribution in [2.45, 2.75) is 20.3 Å². The molecule has 0 aliphatic rings. The zero-order valence-electron chi connectivity index (χ0n) is 21.9. The molecule has 0 saturated heterocycles. The Balaban J connectivity index is 1.36. The second-order valence-electron chi connectivity index (χ2n) is 8.62. The fourth-order valence-corrected chi connectivity index (χ4v) is 4.61. The maximum atomic E-state index is 12.7. The minimum Gasteiger partial charge on any atom is -0.493 e. The van der Waals surface area contributed by atoms with Gasteiger partial charge in [-0.2, -0.15) is 5.26 Å². The molecular formula is C30H28N4O4S. The highest BCUT2D eigenvalue weighted by Crippen LogP contribution is 2.29. The van der Waals surface area contributed by atoms with Crippen molar-refractivity contribution in [2.24, 2.45) is 0 Å². The van der Waals surface area contributed by atoms with Crippen LogP contribution in [0.25, 0.3) is 6.08 Å². The number of carbonyl (C=O) groups is 1. The van der Waals surface area contributed by atoms with Gasteiger partial charge in [-0.05, 0) is 54.3 Å². The standard InChI is InChI=1S/C30H28N4O4S/c1-20-8-7-9-21(2)28(20)38-15-14-37-25-13-12-23(17-26(25)36-3)16-24(19-31)29(35)32-30-34-33-27(39-30)18-22-10-5-4-6-11-22/h4-13,16-17H,14-15,18H2,1-3H3,(H,32,34,35). The third kappa shape index (κ3) is 7.43. The lowest BCUT2D eigenvalue weighted by atomic mass is 10.1. The van der Waals surface area contributed by atoms with Gasteiger partial charge < -0.3 is 14.2 Å². The maximum absolute atomic E-state index is 12.7. The molecule has 1 aromatic heterocycles. The summed E-state index contributed by atoms with van der Waals surface area (Å²) in [4.78, 5) is 12.7. The van der Waals surface area contributed by atoms with Gasteiger partial charge in [0.1, 0.15) is 35.6 Å². The molecule has 9 heteroatoms. The molecule has 0 atom stereocenters. The number of benzene rings is 3. The van der Waals surface area contributed by atoms with E-state index in [4.69, 9.17) is 14.2 Å². The smallest absolute Gasteiger partial charge is 0.268 e. The average molecular weight is 541 g/mol. The number of rotatable bonds is 11. The van der Waals surface area contributed by atoms with Gasteiger partial charge in [-0.15, -0.1) is 10.2 Å². The van der Waals surface area contributed by atoms with Crippen LogP contribution in [0, 0.1) is 25.2 Å². The molecule has 0 bridgehead atoms. The highest BCUT2D eigenvalue weighted by Gasteiger charge is 2.14. The summed E-state index contributed by atoms with van der Waals surface area (Å²) in [5, 5.41) is 21.5. The van der Waals surface area contributed by atoms with Crippen LogP contribution in [0.3, 0.4) is 0 Å². The molecule has 0 spiro atoms. The van der Waals surface area contributed by atoms with Gasteiger partial charge in [0.15, 0.2) is 11.5 Å². The van der Waals surface area contributed by atoms with Crippen molar-refractivity contribution in [1.82, 2.24) is 10.2 Å². The van der Waals surface area contributed by atoms with E-state index < -0.39 is 5.91 Å². The van der Waals surface area contributed by atoms with Gasteiger partial charge in [-0.1, -0.05) is 65.9 Å². The molecule has 0 aliphatic carbocycles. The van der Waals surface area contributed by atoms with Crippen LogP contribution in [0.15, 0.2) is 72.3 Å². The SMILES string of the molecule is COc1cc(C=C(C#N)C(=O)Nc2nnc(Cc3ccccc3)s2)ccc1OCCOc1c(C)cccc1C. The van der Waals surface area contributed by atoms with E-state index in [-0.39, 0.29) is 5.57 Å². The summed E-state index contributed by atoms with van der Waals surface area (Å²) in [6.45, 7) is 4.70. The number of para-hydroxylation sites is 1. The van der Waals surface area contributed by atoms with Gasteiger partial charge in [-0.25, -0.2) is 0 Å². The van der Waals surface area contributed by atoms with E-state index in [2.05, 4.69) is 15.5 Å². The Morgan fingerprint density at radius 3 is 2.44 bits per heavy atom. The number of nitriles is 1. The number of anilines is 1. The summed E-state index contributed by atoms with van der Waals surface area (Å²) >= 11 is 1.27. The molecule has 0 aliphatic heterocycles. The molecular weight excluding hydrogens is 512 g/mol. The Bertz CT molecular complexity index is 1490. The number of hydrogen-bond acceptors (Lipinski definition) is 8. The van der Waals surface area contributed by atoms with Gasteiger partial charge in [0.2, 0.25) is 5.13 Å². The maximum Gasteiger partial charge on any atom is 0.268 e. The summed E-state index contributed by atoms with van der Waals surface area (Å²) in [5.41, 5.74) is 3.77. The third-order valence-corrected chi connectivity index (χ3v) is 6.58. The first-order valence-electron chi connectivity index (χ1n) is 12.3. The first kappa shape index (κ1) is 27.4. The molecule has 0 unspecified atom stereocenters. The van der Waals surface area contributed by atoms with Gasteiger partial charge in [0.05, 0.1) is 7.11 Å². The number of methoxy groups -OCH3 is 1. The topological polar surface area (TPSA) is 106 Å². The summed E-state index contributed by atoms with van der Waals surface area (Å²) in [7, 11) is 1.53. The molecule has 4 rings (SSSR count). The van der Waals surface area contributed by atoms with Crippen LogP contribution in [0.2, 0.25) is 0 Å². The number of amides is 1. The Hall–Kier alpha value is -4.68. The lowest BCUT2D eigenvalue weighted by molar-refractivity contribution is -0.112. The fraction of sp³-hybridized carbons (Fsp3) is 0.200. The lowest BCUT2D eigenvalue weighted by Crippen LogP contribution is -2.13. The first-order chi connectivity index (χ1) is 19.0. The van der Waals surface area contributed by atoms with Crippen LogP contribution < -0.4 is 19.5 Å². The Morgan fingerprint density at radius 2 is 1.72 bits per heavy atom. The van der Waals surface area contributed by atoms with E-state index in [0.717, 1.165) is 27.4 Å². The zero-order valence-corrected chi connectivity index (χ0v) is 22.7. The predicted octanol–water partition coefficient (Wildman–Crippen LogP) is 5.76. The molecule has 8 nitrogen and oxygen atoms in total. The number of aromatic nitrogens is 2. The quantitative estimate of drug-likeness (QED) is 0.146. The number of nitrogens with one attached hydrogen (secondary N) is 1. The minimum absolute atomic E-state index is 0.0764. The molecule has 198 valence electrons. The van der Waals surface area contributed by atoms with E-state index in [0.29, 0.717) is 41.8 Å². The zero-order chi connectivity index (χ0) is 27.6. The number of aryl methyl sites for hydroxylation is 2. The predicted molar refractivity (Wildman–Crippen MR) is 151 cm³/mol. The molecule has 1 amide bonds. The Morgan fingerprint density at radius 1 is 0.974 bits per heavy atom. The second-order valence-corrected chi connectivity index (χ2v) is 9.68. The van der Waals surface area contributed by atoms with Gasteiger partial charge in [-0.3, -0.25) is 10.1 Å². The largest absolute Gasteiger partial charge is 0.493 e. The first-order valence-corrected chi connectivity index (χ1v) is 13.1. The highest BCUT2D eigenvalue weighted by atomic mass is 32.1. The van der Waals surface area contributed by atoms with Crippen molar-refractivity contribution in [1.29, 1.82) is 5.26 Å². The Labute approximate surface area is 231 Å². The lowest BCUT2D eigenvalue weighted by Gasteiger charge is -2.14. The van der Waals surface area contributed by atoms with E-state index >= 15 is 0 Å². The normalized spacial score (nSPS) is 11.0. The minimum atomic E-state index is -0.567. The number of hydrogen-bond donors (Lipinski definition) is 1. The van der Waals surface area contributed by atoms with E-state index in [1.807, 2.05) is 68.4 Å². The fourth-order valence-electron chi connectivity index (χ4n) is 3.84.